The molecule has 0 saturated carbocycles. The van der Waals surface area contributed by atoms with Gasteiger partial charge < -0.3 is 14.8 Å². The van der Waals surface area contributed by atoms with E-state index in [1.54, 1.807) is 14.2 Å². The van der Waals surface area contributed by atoms with Crippen molar-refractivity contribution in [1.29, 1.82) is 0 Å². The van der Waals surface area contributed by atoms with Gasteiger partial charge in [-0.3, -0.25) is 0 Å². The molecule has 116 valence electrons. The highest BCUT2D eigenvalue weighted by Gasteiger charge is 2.13. The van der Waals surface area contributed by atoms with Gasteiger partial charge in [0.1, 0.15) is 11.5 Å². The zero-order valence-electron chi connectivity index (χ0n) is 13.2. The van der Waals surface area contributed by atoms with Gasteiger partial charge in [0.25, 0.3) is 0 Å². The van der Waals surface area contributed by atoms with Gasteiger partial charge in [-0.15, -0.1) is 6.58 Å². The number of methoxy groups -OCH3 is 2. The molecular weight excluding hydrogens is 274 g/mol. The van der Waals surface area contributed by atoms with E-state index in [1.165, 1.54) is 5.56 Å². The molecule has 0 saturated heterocycles. The second kappa shape index (κ2) is 8.25. The third-order valence-electron chi connectivity index (χ3n) is 3.63. The Morgan fingerprint density at radius 1 is 1.05 bits per heavy atom. The predicted molar refractivity (Wildman–Crippen MR) is 90.4 cm³/mol. The Kier molecular flexibility index (Phi) is 6.04. The lowest BCUT2D eigenvalue weighted by molar-refractivity contribution is 0.398. The summed E-state index contributed by atoms with van der Waals surface area (Å²) in [6, 6.07) is 16.4. The Morgan fingerprint density at radius 3 is 2.41 bits per heavy atom. The maximum absolute atomic E-state index is 5.46. The minimum atomic E-state index is 0.177. The first-order valence-electron chi connectivity index (χ1n) is 7.38. The van der Waals surface area contributed by atoms with Crippen LogP contribution in [0.25, 0.3) is 0 Å². The molecule has 3 heteroatoms. The van der Waals surface area contributed by atoms with E-state index in [9.17, 15) is 0 Å². The molecule has 0 radical (unpaired) electrons. The van der Waals surface area contributed by atoms with Gasteiger partial charge in [-0.1, -0.05) is 36.4 Å². The zero-order valence-corrected chi connectivity index (χ0v) is 13.2. The summed E-state index contributed by atoms with van der Waals surface area (Å²) in [6.07, 6.45) is 2.77. The first-order valence-corrected chi connectivity index (χ1v) is 7.38. The van der Waals surface area contributed by atoms with Crippen molar-refractivity contribution in [3.8, 4) is 11.5 Å². The first-order chi connectivity index (χ1) is 10.8. The highest BCUT2D eigenvalue weighted by atomic mass is 16.5. The molecule has 0 amide bonds. The number of para-hydroxylation sites is 1. The van der Waals surface area contributed by atoms with E-state index in [0.717, 1.165) is 30.0 Å². The molecule has 1 N–H and O–H groups in total. The van der Waals surface area contributed by atoms with Gasteiger partial charge in [0.15, 0.2) is 0 Å². The van der Waals surface area contributed by atoms with Crippen molar-refractivity contribution >= 4 is 0 Å². The Morgan fingerprint density at radius 2 is 1.77 bits per heavy atom. The molecule has 0 aromatic heterocycles. The van der Waals surface area contributed by atoms with Gasteiger partial charge in [-0.05, 0) is 30.2 Å². The third kappa shape index (κ3) is 4.12. The molecule has 0 aliphatic heterocycles. The first kappa shape index (κ1) is 16.1. The Bertz CT molecular complexity index is 593. The van der Waals surface area contributed by atoms with Crippen LogP contribution in [0.3, 0.4) is 0 Å². The van der Waals surface area contributed by atoms with Crippen LogP contribution in [0.1, 0.15) is 23.6 Å². The Hall–Kier alpha value is -2.26. The summed E-state index contributed by atoms with van der Waals surface area (Å²) >= 11 is 0. The van der Waals surface area contributed by atoms with Crippen molar-refractivity contribution in [2.24, 2.45) is 0 Å². The van der Waals surface area contributed by atoms with E-state index in [-0.39, 0.29) is 6.04 Å². The number of hydrogen-bond acceptors (Lipinski definition) is 3. The van der Waals surface area contributed by atoms with Crippen LogP contribution in [0, 0.1) is 0 Å². The molecule has 0 spiro atoms. The smallest absolute Gasteiger partial charge is 0.123 e. The average molecular weight is 297 g/mol. The summed E-state index contributed by atoms with van der Waals surface area (Å²) in [5, 5.41) is 3.57. The molecular formula is C19H23NO2. The molecule has 0 fully saturated rings. The monoisotopic (exact) mass is 297 g/mol. The maximum Gasteiger partial charge on any atom is 0.123 e. The maximum atomic E-state index is 5.46. The predicted octanol–water partition coefficient (Wildman–Crippen LogP) is 4.11. The van der Waals surface area contributed by atoms with Gasteiger partial charge in [0, 0.05) is 18.2 Å². The zero-order chi connectivity index (χ0) is 15.8. The summed E-state index contributed by atoms with van der Waals surface area (Å²) in [4.78, 5) is 0. The summed E-state index contributed by atoms with van der Waals surface area (Å²) in [5.41, 5.74) is 2.36. The van der Waals surface area contributed by atoms with Crippen molar-refractivity contribution in [3.63, 3.8) is 0 Å². The fourth-order valence-electron chi connectivity index (χ4n) is 2.43. The van der Waals surface area contributed by atoms with Gasteiger partial charge in [0.05, 0.1) is 14.2 Å². The Balaban J connectivity index is 2.09. The number of benzene rings is 2. The average Bonchev–Trinajstić information content (AvgIpc) is 2.59. The lowest BCUT2D eigenvalue weighted by Gasteiger charge is -2.20. The second-order valence-corrected chi connectivity index (χ2v) is 5.05. The quantitative estimate of drug-likeness (QED) is 0.744. The summed E-state index contributed by atoms with van der Waals surface area (Å²) < 4.78 is 10.6. The molecule has 0 bridgehead atoms. The fourth-order valence-corrected chi connectivity index (χ4v) is 2.43. The van der Waals surface area contributed by atoms with Gasteiger partial charge in [0.2, 0.25) is 0 Å². The third-order valence-corrected chi connectivity index (χ3v) is 3.63. The van der Waals surface area contributed by atoms with Crippen LogP contribution in [0.15, 0.2) is 61.2 Å². The van der Waals surface area contributed by atoms with Crippen molar-refractivity contribution < 1.29 is 9.47 Å². The fraction of sp³-hybridized carbons (Fsp3) is 0.263. The second-order valence-electron chi connectivity index (χ2n) is 5.05. The van der Waals surface area contributed by atoms with E-state index in [0.29, 0.717) is 0 Å². The minimum Gasteiger partial charge on any atom is -0.497 e. The minimum absolute atomic E-state index is 0.177. The number of ether oxygens (including phenoxy) is 2. The summed E-state index contributed by atoms with van der Waals surface area (Å²) in [6.45, 7) is 4.64. The lowest BCUT2D eigenvalue weighted by Crippen LogP contribution is -2.21. The highest BCUT2D eigenvalue weighted by molar-refractivity contribution is 5.36. The van der Waals surface area contributed by atoms with Crippen molar-refractivity contribution in [2.75, 3.05) is 14.2 Å². The molecule has 1 atom stereocenters. The SMILES string of the molecule is C=CC[C@@H](NCc1ccc(OC)cc1)c1ccccc1OC. The molecule has 2 aromatic rings. The van der Waals surface area contributed by atoms with Crippen LogP contribution >= 0.6 is 0 Å². The van der Waals surface area contributed by atoms with Crippen LogP contribution < -0.4 is 14.8 Å². The molecule has 3 nitrogen and oxygen atoms in total. The van der Waals surface area contributed by atoms with Crippen molar-refractivity contribution in [3.05, 3.63) is 72.3 Å². The van der Waals surface area contributed by atoms with E-state index < -0.39 is 0 Å². The van der Waals surface area contributed by atoms with E-state index in [2.05, 4.69) is 30.1 Å². The number of hydrogen-bond donors (Lipinski definition) is 1. The highest BCUT2D eigenvalue weighted by Crippen LogP contribution is 2.27. The molecule has 0 aliphatic carbocycles. The normalized spacial score (nSPS) is 11.7. The summed E-state index contributed by atoms with van der Waals surface area (Å²) in [7, 11) is 3.38. The van der Waals surface area contributed by atoms with Crippen LogP contribution in [-0.2, 0) is 6.54 Å². The molecule has 2 aromatic carbocycles. The number of rotatable bonds is 8. The van der Waals surface area contributed by atoms with Gasteiger partial charge in [-0.25, -0.2) is 0 Å². The van der Waals surface area contributed by atoms with Crippen molar-refractivity contribution in [2.45, 2.75) is 19.0 Å². The van der Waals surface area contributed by atoms with Gasteiger partial charge in [-0.2, -0.15) is 0 Å². The largest absolute Gasteiger partial charge is 0.497 e. The summed E-state index contributed by atoms with van der Waals surface area (Å²) in [5.74, 6) is 1.77. The van der Waals surface area contributed by atoms with Crippen LogP contribution in [0.4, 0.5) is 0 Å². The van der Waals surface area contributed by atoms with E-state index in [4.69, 9.17) is 9.47 Å². The number of nitrogens with one attached hydrogen (secondary N) is 1. The molecule has 0 heterocycles. The van der Waals surface area contributed by atoms with E-state index in [1.807, 2.05) is 36.4 Å². The Labute approximate surface area is 132 Å². The molecule has 22 heavy (non-hydrogen) atoms. The van der Waals surface area contributed by atoms with Crippen LogP contribution in [0.2, 0.25) is 0 Å². The van der Waals surface area contributed by atoms with Gasteiger partial charge >= 0.3 is 0 Å². The standard InChI is InChI=1S/C19H23NO2/c1-4-7-18(17-8-5-6-9-19(17)22-3)20-14-15-10-12-16(21-2)13-11-15/h4-6,8-13,18,20H,1,7,14H2,2-3H3/t18-/m1/s1. The topological polar surface area (TPSA) is 30.5 Å². The lowest BCUT2D eigenvalue weighted by atomic mass is 10.0. The van der Waals surface area contributed by atoms with Crippen molar-refractivity contribution in [1.82, 2.24) is 5.32 Å². The molecule has 0 unspecified atom stereocenters. The van der Waals surface area contributed by atoms with Crippen LogP contribution in [-0.4, -0.2) is 14.2 Å². The molecule has 0 aliphatic rings. The van der Waals surface area contributed by atoms with E-state index >= 15 is 0 Å². The van der Waals surface area contributed by atoms with Crippen LogP contribution in [0.5, 0.6) is 11.5 Å². The molecule has 2 rings (SSSR count).